The van der Waals surface area contributed by atoms with Crippen LogP contribution in [0.5, 0.6) is 5.75 Å². The second-order valence-corrected chi connectivity index (χ2v) is 5.34. The molecule has 2 N–H and O–H groups in total. The number of methoxy groups -OCH3 is 1. The van der Waals surface area contributed by atoms with E-state index in [0.29, 0.717) is 23.6 Å². The van der Waals surface area contributed by atoms with Crippen LogP contribution in [0.3, 0.4) is 0 Å². The number of unbranched alkanes of at least 4 members (excludes halogenated alkanes) is 1. The number of amides is 2. The Balaban J connectivity index is 2.32. The quantitative estimate of drug-likeness (QED) is 0.624. The molecule has 23 heavy (non-hydrogen) atoms. The van der Waals surface area contributed by atoms with Gasteiger partial charge >= 0.3 is 12.0 Å². The summed E-state index contributed by atoms with van der Waals surface area (Å²) in [6, 6.07) is 6.35. The molecule has 0 saturated carbocycles. The zero-order valence-electron chi connectivity index (χ0n) is 13.6. The van der Waals surface area contributed by atoms with Gasteiger partial charge in [-0.15, -0.1) is 0 Å². The molecule has 1 aliphatic rings. The molecule has 6 heteroatoms. The molecule has 1 aromatic rings. The van der Waals surface area contributed by atoms with Crippen LogP contribution in [0.25, 0.3) is 0 Å². The average Bonchev–Trinajstić information content (AvgIpc) is 2.54. The molecule has 2 amide bonds. The molecule has 0 spiro atoms. The second kappa shape index (κ2) is 7.67. The third-order valence-corrected chi connectivity index (χ3v) is 3.65. The van der Waals surface area contributed by atoms with E-state index in [2.05, 4.69) is 10.6 Å². The predicted octanol–water partition coefficient (Wildman–Crippen LogP) is 2.67. The normalized spacial score (nSPS) is 17.3. The Bertz CT molecular complexity index is 625. The Morgan fingerprint density at radius 1 is 1.35 bits per heavy atom. The summed E-state index contributed by atoms with van der Waals surface area (Å²) in [7, 11) is 1.57. The predicted molar refractivity (Wildman–Crippen MR) is 86.0 cm³/mol. The van der Waals surface area contributed by atoms with Crippen LogP contribution in [-0.2, 0) is 9.53 Å². The van der Waals surface area contributed by atoms with Crippen molar-refractivity contribution in [2.75, 3.05) is 13.7 Å². The molecular weight excluding hydrogens is 296 g/mol. The summed E-state index contributed by atoms with van der Waals surface area (Å²) >= 11 is 0. The van der Waals surface area contributed by atoms with Gasteiger partial charge in [0.15, 0.2) is 0 Å². The Morgan fingerprint density at radius 3 is 2.83 bits per heavy atom. The zero-order valence-corrected chi connectivity index (χ0v) is 13.6. The van der Waals surface area contributed by atoms with E-state index >= 15 is 0 Å². The number of nitrogens with one attached hydrogen (secondary N) is 2. The van der Waals surface area contributed by atoms with Gasteiger partial charge in [0.1, 0.15) is 5.75 Å². The van der Waals surface area contributed by atoms with Crippen LogP contribution in [0.15, 0.2) is 35.5 Å². The average molecular weight is 318 g/mol. The van der Waals surface area contributed by atoms with Gasteiger partial charge in [-0.25, -0.2) is 9.59 Å². The van der Waals surface area contributed by atoms with Crippen molar-refractivity contribution in [2.45, 2.75) is 32.7 Å². The third kappa shape index (κ3) is 4.03. The van der Waals surface area contributed by atoms with Gasteiger partial charge in [0, 0.05) is 5.70 Å². The Morgan fingerprint density at radius 2 is 2.13 bits per heavy atom. The molecule has 1 atom stereocenters. The van der Waals surface area contributed by atoms with Crippen molar-refractivity contribution in [3.8, 4) is 5.75 Å². The monoisotopic (exact) mass is 318 g/mol. The van der Waals surface area contributed by atoms with Gasteiger partial charge in [0.2, 0.25) is 0 Å². The van der Waals surface area contributed by atoms with Gasteiger partial charge in [0.05, 0.1) is 25.3 Å². The van der Waals surface area contributed by atoms with Crippen LogP contribution in [0.1, 0.15) is 38.3 Å². The molecule has 2 rings (SSSR count). The van der Waals surface area contributed by atoms with Gasteiger partial charge in [-0.2, -0.15) is 0 Å². The fraction of sp³-hybridized carbons (Fsp3) is 0.412. The minimum Gasteiger partial charge on any atom is -0.497 e. The number of allylic oxidation sites excluding steroid dienone is 1. The van der Waals surface area contributed by atoms with Gasteiger partial charge in [0.25, 0.3) is 0 Å². The van der Waals surface area contributed by atoms with Crippen molar-refractivity contribution >= 4 is 12.0 Å². The molecule has 0 radical (unpaired) electrons. The van der Waals surface area contributed by atoms with Crippen molar-refractivity contribution in [1.29, 1.82) is 0 Å². The lowest BCUT2D eigenvalue weighted by Gasteiger charge is -2.28. The van der Waals surface area contributed by atoms with E-state index in [1.807, 2.05) is 25.1 Å². The molecule has 0 saturated heterocycles. The van der Waals surface area contributed by atoms with Crippen LogP contribution in [0, 0.1) is 0 Å². The lowest BCUT2D eigenvalue weighted by Crippen LogP contribution is -2.45. The van der Waals surface area contributed by atoms with E-state index in [4.69, 9.17) is 9.47 Å². The van der Waals surface area contributed by atoms with Gasteiger partial charge in [-0.05, 0) is 31.0 Å². The van der Waals surface area contributed by atoms with E-state index < -0.39 is 12.0 Å². The van der Waals surface area contributed by atoms with Crippen LogP contribution in [-0.4, -0.2) is 25.7 Å². The summed E-state index contributed by atoms with van der Waals surface area (Å²) in [5.41, 5.74) is 1.68. The van der Waals surface area contributed by atoms with E-state index in [0.717, 1.165) is 18.4 Å². The molecular formula is C17H22N2O4. The maximum atomic E-state index is 12.4. The van der Waals surface area contributed by atoms with Crippen LogP contribution in [0.2, 0.25) is 0 Å². The lowest BCUT2D eigenvalue weighted by atomic mass is 9.95. The van der Waals surface area contributed by atoms with Crippen molar-refractivity contribution < 1.29 is 19.1 Å². The molecule has 0 aliphatic carbocycles. The Hall–Kier alpha value is -2.50. The highest BCUT2D eigenvalue weighted by atomic mass is 16.5. The van der Waals surface area contributed by atoms with Crippen molar-refractivity contribution in [3.05, 3.63) is 41.1 Å². The third-order valence-electron chi connectivity index (χ3n) is 3.65. The number of ether oxygens (including phenoxy) is 2. The summed E-state index contributed by atoms with van der Waals surface area (Å²) < 4.78 is 10.5. The number of benzene rings is 1. The molecule has 1 aliphatic heterocycles. The topological polar surface area (TPSA) is 76.7 Å². The number of carbonyl (C=O) groups excluding carboxylic acids is 2. The van der Waals surface area contributed by atoms with E-state index in [1.165, 1.54) is 0 Å². The molecule has 0 aromatic heterocycles. The largest absolute Gasteiger partial charge is 0.497 e. The summed E-state index contributed by atoms with van der Waals surface area (Å²) in [6.07, 6.45) is 1.75. The molecule has 1 heterocycles. The molecule has 6 nitrogen and oxygen atoms in total. The summed E-state index contributed by atoms with van der Waals surface area (Å²) in [5.74, 6) is 0.239. The summed E-state index contributed by atoms with van der Waals surface area (Å²) in [6.45, 7) is 4.09. The highest BCUT2D eigenvalue weighted by molar-refractivity contribution is 5.95. The SMILES string of the molecule is CCCCOC(=O)C1=C(C)NC(=O)NC1c1cccc(OC)c1. The second-order valence-electron chi connectivity index (χ2n) is 5.34. The highest BCUT2D eigenvalue weighted by Gasteiger charge is 2.32. The fourth-order valence-electron chi connectivity index (χ4n) is 2.42. The molecule has 1 unspecified atom stereocenters. The highest BCUT2D eigenvalue weighted by Crippen LogP contribution is 2.29. The maximum Gasteiger partial charge on any atom is 0.338 e. The maximum absolute atomic E-state index is 12.4. The van der Waals surface area contributed by atoms with Gasteiger partial charge < -0.3 is 20.1 Å². The van der Waals surface area contributed by atoms with E-state index in [1.54, 1.807) is 20.1 Å². The first-order valence-corrected chi connectivity index (χ1v) is 7.66. The van der Waals surface area contributed by atoms with Crippen molar-refractivity contribution in [2.24, 2.45) is 0 Å². The molecule has 124 valence electrons. The van der Waals surface area contributed by atoms with E-state index in [-0.39, 0.29) is 6.03 Å². The summed E-state index contributed by atoms with van der Waals surface area (Å²) in [5, 5.41) is 5.40. The minimum atomic E-state index is -0.562. The van der Waals surface area contributed by atoms with Gasteiger partial charge in [-0.3, -0.25) is 0 Å². The van der Waals surface area contributed by atoms with Crippen LogP contribution < -0.4 is 15.4 Å². The zero-order chi connectivity index (χ0) is 16.8. The number of esters is 1. The molecule has 1 aromatic carbocycles. The van der Waals surface area contributed by atoms with Crippen LogP contribution >= 0.6 is 0 Å². The Labute approximate surface area is 135 Å². The molecule has 0 fully saturated rings. The lowest BCUT2D eigenvalue weighted by molar-refractivity contribution is -0.139. The first kappa shape index (κ1) is 16.9. The first-order chi connectivity index (χ1) is 11.1. The smallest absolute Gasteiger partial charge is 0.338 e. The first-order valence-electron chi connectivity index (χ1n) is 7.66. The Kier molecular flexibility index (Phi) is 5.62. The van der Waals surface area contributed by atoms with E-state index in [9.17, 15) is 9.59 Å². The van der Waals surface area contributed by atoms with Gasteiger partial charge in [-0.1, -0.05) is 25.5 Å². The number of rotatable bonds is 6. The van der Waals surface area contributed by atoms with Crippen molar-refractivity contribution in [3.63, 3.8) is 0 Å². The number of urea groups is 1. The van der Waals surface area contributed by atoms with Crippen molar-refractivity contribution in [1.82, 2.24) is 10.6 Å². The fourth-order valence-corrected chi connectivity index (χ4v) is 2.42. The molecule has 0 bridgehead atoms. The van der Waals surface area contributed by atoms with Crippen LogP contribution in [0.4, 0.5) is 4.79 Å². The standard InChI is InChI=1S/C17H22N2O4/c1-4-5-9-23-16(20)14-11(2)18-17(21)19-15(14)12-7-6-8-13(10-12)22-3/h6-8,10,15H,4-5,9H2,1-3H3,(H2,18,19,21). The number of hydrogen-bond acceptors (Lipinski definition) is 4. The number of hydrogen-bond donors (Lipinski definition) is 2. The minimum absolute atomic E-state index is 0.347. The summed E-state index contributed by atoms with van der Waals surface area (Å²) in [4.78, 5) is 24.2. The number of carbonyl (C=O) groups is 2.